The minimum absolute atomic E-state index is 0.247. The van der Waals surface area contributed by atoms with Gasteiger partial charge in [-0.1, -0.05) is 91.0 Å². The van der Waals surface area contributed by atoms with Crippen LogP contribution in [0.3, 0.4) is 0 Å². The number of hydrogen-bond acceptors (Lipinski definition) is 5. The Hall–Kier alpha value is -2.57. The molecule has 0 amide bonds. The van der Waals surface area contributed by atoms with Crippen molar-refractivity contribution in [3.63, 3.8) is 0 Å². The van der Waals surface area contributed by atoms with Gasteiger partial charge >= 0.3 is 0 Å². The molecule has 0 unspecified atom stereocenters. The Morgan fingerprint density at radius 3 is 1.50 bits per heavy atom. The zero-order chi connectivity index (χ0) is 22.2. The molecule has 3 aromatic carbocycles. The first-order valence-corrected chi connectivity index (χ1v) is 11.3. The van der Waals surface area contributed by atoms with Crippen LogP contribution in [0.15, 0.2) is 91.0 Å². The van der Waals surface area contributed by atoms with Crippen molar-refractivity contribution in [3.8, 4) is 0 Å². The van der Waals surface area contributed by atoms with Gasteiger partial charge in [0.25, 0.3) is 0 Å². The zero-order valence-electron chi connectivity index (χ0n) is 18.1. The van der Waals surface area contributed by atoms with Gasteiger partial charge in [-0.2, -0.15) is 0 Å². The third kappa shape index (κ3) is 6.02. The highest BCUT2D eigenvalue weighted by molar-refractivity contribution is 7.80. The van der Waals surface area contributed by atoms with E-state index in [9.17, 15) is 0 Å². The average molecular weight is 449 g/mol. The Bertz CT molecular complexity index is 965. The number of ether oxygens (including phenoxy) is 4. The van der Waals surface area contributed by atoms with E-state index in [0.717, 1.165) is 16.7 Å². The van der Waals surface area contributed by atoms with Gasteiger partial charge in [-0.3, -0.25) is 0 Å². The van der Waals surface area contributed by atoms with Crippen LogP contribution in [0.1, 0.15) is 23.6 Å². The molecule has 5 heteroatoms. The van der Waals surface area contributed by atoms with Crippen molar-refractivity contribution >= 4 is 17.3 Å². The summed E-state index contributed by atoms with van der Waals surface area (Å²) in [6.07, 6.45) is -1.47. The molecule has 1 aliphatic rings. The fourth-order valence-electron chi connectivity index (χ4n) is 3.76. The molecular weight excluding hydrogens is 420 g/mol. The number of benzene rings is 3. The molecule has 0 N–H and O–H groups in total. The third-order valence-corrected chi connectivity index (χ3v) is 5.79. The molecule has 4 rings (SSSR count). The van der Waals surface area contributed by atoms with Crippen molar-refractivity contribution in [1.82, 2.24) is 0 Å². The van der Waals surface area contributed by atoms with Gasteiger partial charge in [0.15, 0.2) is 11.2 Å². The standard InChI is InChI=1S/C27H28O4S/c1-20-24(28-17-21-11-5-2-6-12-21)25(29-18-22-13-7-3-8-14-22)26(27(32)31-20)30-19-23-15-9-4-10-16-23/h2-16,20,24-26H,17-19H2,1H3/t20-,24-,25+,26-/m1/s1. The van der Waals surface area contributed by atoms with Crippen molar-refractivity contribution in [3.05, 3.63) is 108 Å². The lowest BCUT2D eigenvalue weighted by molar-refractivity contribution is -0.181. The lowest BCUT2D eigenvalue weighted by Gasteiger charge is -2.41. The van der Waals surface area contributed by atoms with E-state index < -0.39 is 6.10 Å². The monoisotopic (exact) mass is 448 g/mol. The average Bonchev–Trinajstić information content (AvgIpc) is 2.83. The maximum Gasteiger partial charge on any atom is 0.192 e. The lowest BCUT2D eigenvalue weighted by atomic mass is 9.99. The van der Waals surface area contributed by atoms with Gasteiger partial charge in [-0.15, -0.1) is 0 Å². The molecule has 1 fully saturated rings. The summed E-state index contributed by atoms with van der Waals surface area (Å²) in [5, 5.41) is 0.408. The molecule has 0 aromatic heterocycles. The predicted octanol–water partition coefficient (Wildman–Crippen LogP) is 5.49. The van der Waals surface area contributed by atoms with Crippen molar-refractivity contribution in [2.45, 2.75) is 51.2 Å². The summed E-state index contributed by atoms with van der Waals surface area (Å²) >= 11 is 5.58. The van der Waals surface area contributed by atoms with Gasteiger partial charge in [0, 0.05) is 0 Å². The summed E-state index contributed by atoms with van der Waals surface area (Å²) in [4.78, 5) is 0. The third-order valence-electron chi connectivity index (χ3n) is 5.46. The highest BCUT2D eigenvalue weighted by Gasteiger charge is 2.44. The molecule has 0 radical (unpaired) electrons. The Morgan fingerprint density at radius 1 is 0.625 bits per heavy atom. The largest absolute Gasteiger partial charge is 0.479 e. The molecule has 1 saturated heterocycles. The molecule has 3 aromatic rings. The van der Waals surface area contributed by atoms with E-state index in [1.165, 1.54) is 0 Å². The van der Waals surface area contributed by atoms with E-state index in [-0.39, 0.29) is 18.3 Å². The normalized spacial score (nSPS) is 23.0. The molecule has 166 valence electrons. The summed E-state index contributed by atoms with van der Waals surface area (Å²) in [6, 6.07) is 30.2. The second-order valence-electron chi connectivity index (χ2n) is 7.88. The molecule has 4 nitrogen and oxygen atoms in total. The Kier molecular flexibility index (Phi) is 8.02. The van der Waals surface area contributed by atoms with Crippen molar-refractivity contribution in [2.24, 2.45) is 0 Å². The SMILES string of the molecule is C[C@H]1OC(=S)[C@H](OCc2ccccc2)[C@@H](OCc2ccccc2)[C@@H]1OCc1ccccc1. The second-order valence-corrected chi connectivity index (χ2v) is 8.28. The van der Waals surface area contributed by atoms with Crippen molar-refractivity contribution in [1.29, 1.82) is 0 Å². The fraction of sp³-hybridized carbons (Fsp3) is 0.296. The van der Waals surface area contributed by atoms with E-state index in [1.807, 2.05) is 97.9 Å². The van der Waals surface area contributed by atoms with Crippen LogP contribution in [0.2, 0.25) is 0 Å². The van der Waals surface area contributed by atoms with Crippen LogP contribution in [-0.2, 0) is 38.8 Å². The topological polar surface area (TPSA) is 36.9 Å². The van der Waals surface area contributed by atoms with Gasteiger partial charge in [0.2, 0.25) is 0 Å². The van der Waals surface area contributed by atoms with E-state index in [0.29, 0.717) is 24.9 Å². The molecular formula is C27H28O4S. The zero-order valence-corrected chi connectivity index (χ0v) is 18.9. The van der Waals surface area contributed by atoms with Crippen LogP contribution in [0.25, 0.3) is 0 Å². The van der Waals surface area contributed by atoms with E-state index in [1.54, 1.807) is 0 Å². The van der Waals surface area contributed by atoms with Crippen LogP contribution in [0, 0.1) is 0 Å². The first-order valence-electron chi connectivity index (χ1n) is 10.9. The number of hydrogen-bond donors (Lipinski definition) is 0. The predicted molar refractivity (Wildman–Crippen MR) is 128 cm³/mol. The Balaban J connectivity index is 1.51. The van der Waals surface area contributed by atoms with Crippen LogP contribution in [-0.4, -0.2) is 29.5 Å². The van der Waals surface area contributed by atoms with Gasteiger partial charge in [0.1, 0.15) is 18.3 Å². The van der Waals surface area contributed by atoms with Crippen LogP contribution in [0.5, 0.6) is 0 Å². The summed E-state index contributed by atoms with van der Waals surface area (Å²) in [5.41, 5.74) is 3.25. The fourth-order valence-corrected chi connectivity index (χ4v) is 4.11. The molecule has 0 saturated carbocycles. The quantitative estimate of drug-likeness (QED) is 0.405. The van der Waals surface area contributed by atoms with Crippen LogP contribution < -0.4 is 0 Å². The molecule has 1 heterocycles. The van der Waals surface area contributed by atoms with Crippen molar-refractivity contribution in [2.75, 3.05) is 0 Å². The molecule has 1 aliphatic heterocycles. The van der Waals surface area contributed by atoms with Gasteiger partial charge in [0.05, 0.1) is 19.8 Å². The summed E-state index contributed by atoms with van der Waals surface area (Å²) < 4.78 is 24.9. The molecule has 4 atom stereocenters. The summed E-state index contributed by atoms with van der Waals surface area (Å²) in [7, 11) is 0. The van der Waals surface area contributed by atoms with Gasteiger partial charge in [-0.25, -0.2) is 0 Å². The minimum atomic E-state index is -0.508. The highest BCUT2D eigenvalue weighted by Crippen LogP contribution is 2.28. The Labute approximate surface area is 195 Å². The molecule has 0 bridgehead atoms. The number of thiocarbonyl (C=S) groups is 1. The Morgan fingerprint density at radius 2 is 1.03 bits per heavy atom. The van der Waals surface area contributed by atoms with E-state index >= 15 is 0 Å². The molecule has 32 heavy (non-hydrogen) atoms. The van der Waals surface area contributed by atoms with Gasteiger partial charge in [-0.05, 0) is 35.8 Å². The summed E-state index contributed by atoms with van der Waals surface area (Å²) in [6.45, 7) is 3.29. The number of rotatable bonds is 9. The van der Waals surface area contributed by atoms with Gasteiger partial charge < -0.3 is 18.9 Å². The maximum atomic E-state index is 6.39. The van der Waals surface area contributed by atoms with Crippen LogP contribution in [0.4, 0.5) is 0 Å². The highest BCUT2D eigenvalue weighted by atomic mass is 32.1. The van der Waals surface area contributed by atoms with E-state index in [2.05, 4.69) is 0 Å². The first kappa shape index (κ1) is 22.6. The van der Waals surface area contributed by atoms with E-state index in [4.69, 9.17) is 31.2 Å². The molecule has 0 spiro atoms. The second kappa shape index (κ2) is 11.3. The smallest absolute Gasteiger partial charge is 0.192 e. The van der Waals surface area contributed by atoms with Crippen molar-refractivity contribution < 1.29 is 18.9 Å². The lowest BCUT2D eigenvalue weighted by Crippen LogP contribution is -2.57. The minimum Gasteiger partial charge on any atom is -0.479 e. The summed E-state index contributed by atoms with van der Waals surface area (Å²) in [5.74, 6) is 0. The molecule has 0 aliphatic carbocycles. The van der Waals surface area contributed by atoms with Crippen LogP contribution >= 0.6 is 12.2 Å². The maximum absolute atomic E-state index is 6.39. The first-order chi connectivity index (χ1) is 15.7.